The number of hydrogen-bond donors (Lipinski definition) is 0. The molecule has 13 heavy (non-hydrogen) atoms. The summed E-state index contributed by atoms with van der Waals surface area (Å²) in [6.07, 6.45) is 6.91. The lowest BCUT2D eigenvalue weighted by molar-refractivity contribution is -0.137. The third-order valence-corrected chi connectivity index (χ3v) is 1.47. The van der Waals surface area contributed by atoms with Crippen LogP contribution in [0.3, 0.4) is 0 Å². The molecule has 0 saturated carbocycles. The van der Waals surface area contributed by atoms with E-state index in [0.29, 0.717) is 6.42 Å². The lowest BCUT2D eigenvalue weighted by atomic mass is 10.2. The molecule has 2 heteroatoms. The molecule has 0 heterocycles. The number of esters is 1. The van der Waals surface area contributed by atoms with Crippen LogP contribution in [0.1, 0.15) is 39.5 Å². The van der Waals surface area contributed by atoms with E-state index in [0.717, 1.165) is 24.8 Å². The minimum atomic E-state index is -0.236. The van der Waals surface area contributed by atoms with Crippen molar-refractivity contribution >= 4 is 5.97 Å². The van der Waals surface area contributed by atoms with Gasteiger partial charge in [0.2, 0.25) is 0 Å². The van der Waals surface area contributed by atoms with Crippen molar-refractivity contribution in [2.24, 2.45) is 0 Å². The maximum Gasteiger partial charge on any atom is 0.314 e. The van der Waals surface area contributed by atoms with Crippen molar-refractivity contribution in [1.29, 1.82) is 0 Å². The molecular weight excluding hydrogens is 164 g/mol. The Morgan fingerprint density at radius 3 is 2.77 bits per heavy atom. The van der Waals surface area contributed by atoms with E-state index < -0.39 is 0 Å². The van der Waals surface area contributed by atoms with Gasteiger partial charge in [0, 0.05) is 0 Å². The topological polar surface area (TPSA) is 26.3 Å². The molecule has 0 amide bonds. The molecule has 0 atom stereocenters. The fourth-order valence-electron chi connectivity index (χ4n) is 0.802. The predicted octanol–water partition coefficient (Wildman–Crippen LogP) is 3.20. The first-order valence-electron chi connectivity index (χ1n) is 4.65. The van der Waals surface area contributed by atoms with E-state index in [1.54, 1.807) is 0 Å². The van der Waals surface area contributed by atoms with Gasteiger partial charge in [-0.1, -0.05) is 25.5 Å². The Balaban J connectivity index is 3.46. The van der Waals surface area contributed by atoms with Crippen LogP contribution in [0.15, 0.2) is 24.5 Å². The third-order valence-electron chi connectivity index (χ3n) is 1.47. The average Bonchev–Trinajstić information content (AvgIpc) is 2.02. The second kappa shape index (κ2) is 7.59. The number of hydrogen-bond acceptors (Lipinski definition) is 2. The van der Waals surface area contributed by atoms with Crippen molar-refractivity contribution in [3.05, 3.63) is 24.5 Å². The van der Waals surface area contributed by atoms with Gasteiger partial charge in [-0.3, -0.25) is 4.79 Å². The van der Waals surface area contributed by atoms with Crippen molar-refractivity contribution in [2.45, 2.75) is 39.5 Å². The van der Waals surface area contributed by atoms with Gasteiger partial charge in [-0.2, -0.15) is 0 Å². The molecule has 0 aliphatic carbocycles. The summed E-state index contributed by atoms with van der Waals surface area (Å²) in [7, 11) is 0. The second-order valence-electron chi connectivity index (χ2n) is 3.14. The fourth-order valence-corrected chi connectivity index (χ4v) is 0.802. The Labute approximate surface area is 80.3 Å². The first-order chi connectivity index (χ1) is 6.16. The fraction of sp³-hybridized carbons (Fsp3) is 0.545. The van der Waals surface area contributed by atoms with Crippen molar-refractivity contribution in [3.63, 3.8) is 0 Å². The highest BCUT2D eigenvalue weighted by molar-refractivity contribution is 5.72. The zero-order valence-corrected chi connectivity index (χ0v) is 8.51. The minimum Gasteiger partial charge on any atom is -0.435 e. The minimum absolute atomic E-state index is 0.236. The quantitative estimate of drug-likeness (QED) is 0.273. The summed E-state index contributed by atoms with van der Waals surface area (Å²) in [5, 5.41) is 0. The first kappa shape index (κ1) is 11.9. The number of carbonyl (C=O) groups is 1. The van der Waals surface area contributed by atoms with Crippen LogP contribution in [0.5, 0.6) is 0 Å². The summed E-state index contributed by atoms with van der Waals surface area (Å²) in [5.74, 6) is -0.236. The summed E-state index contributed by atoms with van der Waals surface area (Å²) >= 11 is 0. The molecule has 0 aromatic heterocycles. The average molecular weight is 182 g/mol. The van der Waals surface area contributed by atoms with Gasteiger partial charge in [0.1, 0.15) is 0 Å². The zero-order chi connectivity index (χ0) is 10.1. The highest BCUT2D eigenvalue weighted by Crippen LogP contribution is 1.99. The molecule has 0 unspecified atom stereocenters. The predicted molar refractivity (Wildman–Crippen MR) is 54.2 cm³/mol. The van der Waals surface area contributed by atoms with Gasteiger partial charge in [0.25, 0.3) is 0 Å². The van der Waals surface area contributed by atoms with Gasteiger partial charge in [-0.15, -0.1) is 0 Å². The van der Waals surface area contributed by atoms with Crippen molar-refractivity contribution < 1.29 is 9.53 Å². The molecule has 0 aromatic rings. The summed E-state index contributed by atoms with van der Waals surface area (Å²) < 4.78 is 4.82. The standard InChI is InChI=1S/C11H18O2/c1-4-5-6-7-8-13-11(12)9-10(2)3/h7-8H,2,4-6,9H2,1,3H3. The van der Waals surface area contributed by atoms with E-state index in [1.807, 2.05) is 13.0 Å². The second-order valence-corrected chi connectivity index (χ2v) is 3.14. The Morgan fingerprint density at radius 2 is 2.23 bits per heavy atom. The van der Waals surface area contributed by atoms with E-state index in [1.165, 1.54) is 6.26 Å². The smallest absolute Gasteiger partial charge is 0.314 e. The van der Waals surface area contributed by atoms with Gasteiger partial charge < -0.3 is 4.74 Å². The molecule has 0 saturated heterocycles. The highest BCUT2D eigenvalue weighted by Gasteiger charge is 1.98. The van der Waals surface area contributed by atoms with E-state index in [4.69, 9.17) is 4.74 Å². The monoisotopic (exact) mass is 182 g/mol. The summed E-state index contributed by atoms with van der Waals surface area (Å²) in [5.41, 5.74) is 0.826. The maximum atomic E-state index is 11.0. The van der Waals surface area contributed by atoms with Crippen LogP contribution in [-0.2, 0) is 9.53 Å². The Hall–Kier alpha value is -1.05. The van der Waals surface area contributed by atoms with Gasteiger partial charge in [-0.05, 0) is 25.8 Å². The molecule has 0 fully saturated rings. The molecule has 0 aliphatic heterocycles. The molecule has 0 radical (unpaired) electrons. The van der Waals surface area contributed by atoms with E-state index in [-0.39, 0.29) is 5.97 Å². The molecule has 0 aliphatic rings. The van der Waals surface area contributed by atoms with Crippen LogP contribution in [0.25, 0.3) is 0 Å². The van der Waals surface area contributed by atoms with Crippen LogP contribution in [0, 0.1) is 0 Å². The lowest BCUT2D eigenvalue weighted by Gasteiger charge is -1.97. The Kier molecular flexibility index (Phi) is 6.98. The maximum absolute atomic E-state index is 11.0. The molecule has 2 nitrogen and oxygen atoms in total. The largest absolute Gasteiger partial charge is 0.435 e. The van der Waals surface area contributed by atoms with Crippen LogP contribution >= 0.6 is 0 Å². The van der Waals surface area contributed by atoms with Crippen molar-refractivity contribution in [3.8, 4) is 0 Å². The molecule has 0 N–H and O–H groups in total. The summed E-state index contributed by atoms with van der Waals surface area (Å²) in [4.78, 5) is 11.0. The van der Waals surface area contributed by atoms with Gasteiger partial charge >= 0.3 is 5.97 Å². The summed E-state index contributed by atoms with van der Waals surface area (Å²) in [6.45, 7) is 7.56. The molecule has 0 rings (SSSR count). The number of ether oxygens (including phenoxy) is 1. The number of carbonyl (C=O) groups excluding carboxylic acids is 1. The van der Waals surface area contributed by atoms with Crippen LogP contribution < -0.4 is 0 Å². The molecule has 0 bridgehead atoms. The number of rotatable bonds is 6. The van der Waals surface area contributed by atoms with Gasteiger partial charge in [0.15, 0.2) is 0 Å². The number of allylic oxidation sites excluding steroid dienone is 1. The molecule has 74 valence electrons. The summed E-state index contributed by atoms with van der Waals surface area (Å²) in [6, 6.07) is 0. The molecule has 0 aromatic carbocycles. The van der Waals surface area contributed by atoms with E-state index >= 15 is 0 Å². The van der Waals surface area contributed by atoms with Gasteiger partial charge in [0.05, 0.1) is 12.7 Å². The highest BCUT2D eigenvalue weighted by atomic mass is 16.5. The van der Waals surface area contributed by atoms with Crippen LogP contribution in [-0.4, -0.2) is 5.97 Å². The molecule has 0 spiro atoms. The third kappa shape index (κ3) is 8.86. The van der Waals surface area contributed by atoms with Crippen molar-refractivity contribution in [2.75, 3.05) is 0 Å². The zero-order valence-electron chi connectivity index (χ0n) is 8.51. The normalized spacial score (nSPS) is 10.3. The van der Waals surface area contributed by atoms with E-state index in [9.17, 15) is 4.79 Å². The first-order valence-corrected chi connectivity index (χ1v) is 4.65. The lowest BCUT2D eigenvalue weighted by Crippen LogP contribution is -1.98. The Morgan fingerprint density at radius 1 is 1.54 bits per heavy atom. The number of unbranched alkanes of at least 4 members (excludes halogenated alkanes) is 2. The van der Waals surface area contributed by atoms with E-state index in [2.05, 4.69) is 13.5 Å². The Bertz CT molecular complexity index is 192. The SMILES string of the molecule is C=C(C)CC(=O)OC=CCCCC. The van der Waals surface area contributed by atoms with Crippen LogP contribution in [0.4, 0.5) is 0 Å². The van der Waals surface area contributed by atoms with Crippen molar-refractivity contribution in [1.82, 2.24) is 0 Å². The van der Waals surface area contributed by atoms with Gasteiger partial charge in [-0.25, -0.2) is 0 Å². The van der Waals surface area contributed by atoms with Crippen LogP contribution in [0.2, 0.25) is 0 Å². The molecular formula is C11H18O2.